The molecule has 1 aromatic rings. The smallest absolute Gasteiger partial charge is 0.0753 e. The lowest BCUT2D eigenvalue weighted by Gasteiger charge is -2.26. The molecule has 0 aliphatic carbocycles. The third kappa shape index (κ3) is 2.97. The summed E-state index contributed by atoms with van der Waals surface area (Å²) in [6.07, 6.45) is 7.78. The largest absolute Gasteiger partial charge is 0.315 e. The molecule has 82 valence electrons. The van der Waals surface area contributed by atoms with Gasteiger partial charge in [0.1, 0.15) is 0 Å². The molecule has 1 saturated heterocycles. The molecule has 0 amide bonds. The lowest BCUT2D eigenvalue weighted by molar-refractivity contribution is 0.359. The van der Waals surface area contributed by atoms with E-state index in [4.69, 9.17) is 0 Å². The molecule has 0 spiro atoms. The molecule has 0 radical (unpaired) electrons. The van der Waals surface area contributed by atoms with Crippen molar-refractivity contribution in [3.63, 3.8) is 0 Å². The fourth-order valence-corrected chi connectivity index (χ4v) is 1.97. The standard InChI is InChI=1S/C11H18N4/c1-9(11-8-13-5-6-14-11)15-10-3-2-4-12-7-10/h5-6,8-10,12,15H,2-4,7H2,1H3/t9-,10-/m0/s1. The van der Waals surface area contributed by atoms with Gasteiger partial charge in [0.2, 0.25) is 0 Å². The van der Waals surface area contributed by atoms with Crippen LogP contribution in [0, 0.1) is 0 Å². The maximum absolute atomic E-state index is 4.30. The van der Waals surface area contributed by atoms with E-state index >= 15 is 0 Å². The summed E-state index contributed by atoms with van der Waals surface area (Å²) in [5, 5.41) is 6.96. The molecule has 2 N–H and O–H groups in total. The van der Waals surface area contributed by atoms with Gasteiger partial charge in [-0.1, -0.05) is 0 Å². The molecule has 2 atom stereocenters. The fourth-order valence-electron chi connectivity index (χ4n) is 1.97. The quantitative estimate of drug-likeness (QED) is 0.771. The SMILES string of the molecule is C[C@H](N[C@H]1CCCNC1)c1cnccn1. The molecule has 1 aromatic heterocycles. The van der Waals surface area contributed by atoms with Crippen molar-refractivity contribution < 1.29 is 0 Å². The van der Waals surface area contributed by atoms with E-state index in [0.717, 1.165) is 18.8 Å². The second kappa shape index (κ2) is 5.19. The molecule has 0 bridgehead atoms. The van der Waals surface area contributed by atoms with E-state index in [1.54, 1.807) is 12.4 Å². The Hall–Kier alpha value is -1.00. The van der Waals surface area contributed by atoms with Gasteiger partial charge in [0.05, 0.1) is 5.69 Å². The van der Waals surface area contributed by atoms with Gasteiger partial charge in [-0.05, 0) is 26.3 Å². The van der Waals surface area contributed by atoms with Crippen LogP contribution in [-0.2, 0) is 0 Å². The van der Waals surface area contributed by atoms with Gasteiger partial charge in [-0.15, -0.1) is 0 Å². The van der Waals surface area contributed by atoms with E-state index < -0.39 is 0 Å². The van der Waals surface area contributed by atoms with Gasteiger partial charge in [0, 0.05) is 37.2 Å². The number of aromatic nitrogens is 2. The van der Waals surface area contributed by atoms with Crippen molar-refractivity contribution in [3.05, 3.63) is 24.3 Å². The second-order valence-electron chi connectivity index (χ2n) is 4.06. The molecule has 1 aliphatic rings. The highest BCUT2D eigenvalue weighted by Crippen LogP contribution is 2.11. The first-order valence-electron chi connectivity index (χ1n) is 5.59. The zero-order valence-electron chi connectivity index (χ0n) is 9.11. The Labute approximate surface area is 90.5 Å². The Bertz CT molecular complexity index is 282. The van der Waals surface area contributed by atoms with Crippen LogP contribution in [0.3, 0.4) is 0 Å². The van der Waals surface area contributed by atoms with E-state index in [1.807, 2.05) is 6.20 Å². The summed E-state index contributed by atoms with van der Waals surface area (Å²) in [4.78, 5) is 8.38. The molecule has 2 rings (SSSR count). The first-order chi connectivity index (χ1) is 7.36. The van der Waals surface area contributed by atoms with Gasteiger partial charge in [0.15, 0.2) is 0 Å². The monoisotopic (exact) mass is 206 g/mol. The van der Waals surface area contributed by atoms with Gasteiger partial charge < -0.3 is 10.6 Å². The van der Waals surface area contributed by atoms with Crippen LogP contribution in [0.2, 0.25) is 0 Å². The van der Waals surface area contributed by atoms with Crippen molar-refractivity contribution in [2.24, 2.45) is 0 Å². The zero-order chi connectivity index (χ0) is 10.5. The number of nitrogens with one attached hydrogen (secondary N) is 2. The minimum absolute atomic E-state index is 0.281. The molecule has 15 heavy (non-hydrogen) atoms. The predicted octanol–water partition coefficient (Wildman–Crippen LogP) is 0.879. The third-order valence-corrected chi connectivity index (χ3v) is 2.81. The average Bonchev–Trinajstić information content (AvgIpc) is 2.31. The molecule has 0 unspecified atom stereocenters. The highest BCUT2D eigenvalue weighted by molar-refractivity contribution is 5.01. The Morgan fingerprint density at radius 1 is 1.53 bits per heavy atom. The van der Waals surface area contributed by atoms with Crippen molar-refractivity contribution in [1.82, 2.24) is 20.6 Å². The van der Waals surface area contributed by atoms with Crippen molar-refractivity contribution >= 4 is 0 Å². The third-order valence-electron chi connectivity index (χ3n) is 2.81. The molecule has 1 fully saturated rings. The Balaban J connectivity index is 1.88. The summed E-state index contributed by atoms with van der Waals surface area (Å²) in [5.74, 6) is 0. The fraction of sp³-hybridized carbons (Fsp3) is 0.636. The lowest BCUT2D eigenvalue weighted by Crippen LogP contribution is -2.44. The van der Waals surface area contributed by atoms with Crippen LogP contribution in [0.4, 0.5) is 0 Å². The van der Waals surface area contributed by atoms with Gasteiger partial charge >= 0.3 is 0 Å². The van der Waals surface area contributed by atoms with Gasteiger partial charge in [-0.25, -0.2) is 0 Å². The van der Waals surface area contributed by atoms with E-state index in [1.165, 1.54) is 12.8 Å². The minimum Gasteiger partial charge on any atom is -0.315 e. The number of hydrogen-bond donors (Lipinski definition) is 2. The van der Waals surface area contributed by atoms with Crippen molar-refractivity contribution in [3.8, 4) is 0 Å². The van der Waals surface area contributed by atoms with Gasteiger partial charge in [0.25, 0.3) is 0 Å². The van der Waals surface area contributed by atoms with Crippen LogP contribution >= 0.6 is 0 Å². The van der Waals surface area contributed by atoms with Crippen LogP contribution in [0.25, 0.3) is 0 Å². The Morgan fingerprint density at radius 2 is 2.47 bits per heavy atom. The first-order valence-corrected chi connectivity index (χ1v) is 5.59. The minimum atomic E-state index is 0.281. The zero-order valence-corrected chi connectivity index (χ0v) is 9.11. The number of piperidine rings is 1. The number of hydrogen-bond acceptors (Lipinski definition) is 4. The van der Waals surface area contributed by atoms with Crippen molar-refractivity contribution in [1.29, 1.82) is 0 Å². The van der Waals surface area contributed by atoms with Crippen molar-refractivity contribution in [2.75, 3.05) is 13.1 Å². The topological polar surface area (TPSA) is 49.8 Å². The highest BCUT2D eigenvalue weighted by atomic mass is 15.0. The maximum atomic E-state index is 4.30. The molecule has 4 heteroatoms. The molecular weight excluding hydrogens is 188 g/mol. The maximum Gasteiger partial charge on any atom is 0.0753 e. The lowest BCUT2D eigenvalue weighted by atomic mass is 10.1. The van der Waals surface area contributed by atoms with Crippen molar-refractivity contribution in [2.45, 2.75) is 31.8 Å². The summed E-state index contributed by atoms with van der Waals surface area (Å²) in [6.45, 7) is 4.35. The number of nitrogens with zero attached hydrogens (tertiary/aromatic N) is 2. The molecular formula is C11H18N4. The summed E-state index contributed by atoms with van der Waals surface area (Å²) in [5.41, 5.74) is 1.02. The van der Waals surface area contributed by atoms with E-state index in [-0.39, 0.29) is 6.04 Å². The summed E-state index contributed by atoms with van der Waals surface area (Å²) in [7, 11) is 0. The summed E-state index contributed by atoms with van der Waals surface area (Å²) < 4.78 is 0. The number of rotatable bonds is 3. The predicted molar refractivity (Wildman–Crippen MR) is 59.5 cm³/mol. The first kappa shape index (κ1) is 10.5. The molecule has 0 aromatic carbocycles. The van der Waals surface area contributed by atoms with Gasteiger partial charge in [-0.2, -0.15) is 0 Å². The van der Waals surface area contributed by atoms with E-state index in [9.17, 15) is 0 Å². The van der Waals surface area contributed by atoms with Crippen LogP contribution in [0.15, 0.2) is 18.6 Å². The van der Waals surface area contributed by atoms with Gasteiger partial charge in [-0.3, -0.25) is 9.97 Å². The molecule has 1 aliphatic heterocycles. The summed E-state index contributed by atoms with van der Waals surface area (Å²) >= 11 is 0. The highest BCUT2D eigenvalue weighted by Gasteiger charge is 2.16. The Kier molecular flexibility index (Phi) is 3.64. The van der Waals surface area contributed by atoms with E-state index in [2.05, 4.69) is 27.5 Å². The summed E-state index contributed by atoms with van der Waals surface area (Å²) in [6, 6.07) is 0.847. The van der Waals surface area contributed by atoms with Crippen LogP contribution in [-0.4, -0.2) is 29.1 Å². The van der Waals surface area contributed by atoms with Crippen LogP contribution in [0.5, 0.6) is 0 Å². The van der Waals surface area contributed by atoms with Crippen LogP contribution < -0.4 is 10.6 Å². The molecule has 0 saturated carbocycles. The van der Waals surface area contributed by atoms with E-state index in [0.29, 0.717) is 6.04 Å². The Morgan fingerprint density at radius 3 is 3.13 bits per heavy atom. The average molecular weight is 206 g/mol. The molecule has 4 nitrogen and oxygen atoms in total. The molecule has 2 heterocycles. The van der Waals surface area contributed by atoms with Crippen LogP contribution in [0.1, 0.15) is 31.5 Å². The normalized spacial score (nSPS) is 23.7. The second-order valence-corrected chi connectivity index (χ2v) is 4.06.